The summed E-state index contributed by atoms with van der Waals surface area (Å²) in [7, 11) is 0. The zero-order chi connectivity index (χ0) is 13.5. The lowest BCUT2D eigenvalue weighted by molar-refractivity contribution is 0.483. The number of aliphatic imine (C=N–C) groups is 2. The molecule has 3 nitrogen and oxygen atoms in total. The molecule has 0 saturated heterocycles. The first-order valence-electron chi connectivity index (χ1n) is 5.35. The second-order valence-electron chi connectivity index (χ2n) is 3.50. The molecule has 0 aliphatic rings. The molecule has 0 fully saturated rings. The van der Waals surface area contributed by atoms with Gasteiger partial charge < -0.3 is 4.74 Å². The van der Waals surface area contributed by atoms with E-state index in [-0.39, 0.29) is 0 Å². The van der Waals surface area contributed by atoms with Crippen LogP contribution in [0.2, 0.25) is 0 Å². The number of ether oxygens (including phenoxy) is 1. The monoisotopic (exact) mass is 284 g/mol. The molecule has 0 amide bonds. The van der Waals surface area contributed by atoms with Crippen molar-refractivity contribution in [1.29, 1.82) is 0 Å². The molecule has 19 heavy (non-hydrogen) atoms. The highest BCUT2D eigenvalue weighted by Crippen LogP contribution is 2.25. The van der Waals surface area contributed by atoms with Crippen LogP contribution in [0.25, 0.3) is 0 Å². The second-order valence-corrected chi connectivity index (χ2v) is 3.86. The summed E-state index contributed by atoms with van der Waals surface area (Å²) in [5, 5.41) is 4.63. The summed E-state index contributed by atoms with van der Waals surface area (Å²) in [4.78, 5) is 7.73. The molecule has 0 saturated carbocycles. The van der Waals surface area contributed by atoms with Gasteiger partial charge in [0.1, 0.15) is 11.5 Å². The Hall–Kier alpha value is -2.16. The maximum Gasteiger partial charge on any atom is 0.127 e. The minimum atomic E-state index is 0.717. The summed E-state index contributed by atoms with van der Waals surface area (Å²) >= 11 is 9.07. The minimum absolute atomic E-state index is 0.717. The number of benzene rings is 2. The molecule has 0 heterocycles. The van der Waals surface area contributed by atoms with Crippen molar-refractivity contribution in [2.75, 3.05) is 0 Å². The van der Waals surface area contributed by atoms with Crippen LogP contribution in [0.15, 0.2) is 58.5 Å². The molecule has 92 valence electrons. The maximum absolute atomic E-state index is 5.67. The molecule has 0 bridgehead atoms. The number of isothiocyanates is 2. The van der Waals surface area contributed by atoms with E-state index in [1.54, 1.807) is 24.3 Å². The smallest absolute Gasteiger partial charge is 0.127 e. The lowest BCUT2D eigenvalue weighted by Gasteiger charge is -2.05. The van der Waals surface area contributed by atoms with E-state index in [9.17, 15) is 0 Å². The van der Waals surface area contributed by atoms with E-state index in [2.05, 4.69) is 44.7 Å². The summed E-state index contributed by atoms with van der Waals surface area (Å²) in [5.74, 6) is 1.43. The highest BCUT2D eigenvalue weighted by Gasteiger charge is 1.98. The van der Waals surface area contributed by atoms with Gasteiger partial charge in [0, 0.05) is 0 Å². The van der Waals surface area contributed by atoms with Crippen molar-refractivity contribution in [3.63, 3.8) is 0 Å². The number of thiocarbonyl (C=S) groups is 2. The Kier molecular flexibility index (Phi) is 4.67. The Bertz CT molecular complexity index is 593. The molecule has 0 radical (unpaired) electrons. The summed E-state index contributed by atoms with van der Waals surface area (Å²) in [6, 6.07) is 14.5. The summed E-state index contributed by atoms with van der Waals surface area (Å²) in [5.41, 5.74) is 1.49. The minimum Gasteiger partial charge on any atom is -0.457 e. The summed E-state index contributed by atoms with van der Waals surface area (Å²) < 4.78 is 5.67. The van der Waals surface area contributed by atoms with Crippen LogP contribution < -0.4 is 4.74 Å². The molecule has 0 N–H and O–H groups in total. The van der Waals surface area contributed by atoms with Crippen LogP contribution in [0.3, 0.4) is 0 Å². The van der Waals surface area contributed by atoms with Crippen LogP contribution in [-0.2, 0) is 0 Å². The van der Waals surface area contributed by atoms with Crippen molar-refractivity contribution < 1.29 is 4.74 Å². The Labute approximate surface area is 121 Å². The van der Waals surface area contributed by atoms with Gasteiger partial charge >= 0.3 is 0 Å². The third-order valence-electron chi connectivity index (χ3n) is 2.26. The van der Waals surface area contributed by atoms with E-state index in [1.165, 1.54) is 0 Å². The highest BCUT2D eigenvalue weighted by molar-refractivity contribution is 7.78. The van der Waals surface area contributed by atoms with Gasteiger partial charge in [0.25, 0.3) is 0 Å². The molecular weight excluding hydrogens is 276 g/mol. The van der Waals surface area contributed by atoms with E-state index in [4.69, 9.17) is 4.74 Å². The maximum atomic E-state index is 5.67. The van der Waals surface area contributed by atoms with Gasteiger partial charge in [0.2, 0.25) is 0 Å². The molecule has 2 rings (SSSR count). The highest BCUT2D eigenvalue weighted by atomic mass is 32.1. The van der Waals surface area contributed by atoms with Crippen molar-refractivity contribution in [1.82, 2.24) is 0 Å². The van der Waals surface area contributed by atoms with Gasteiger partial charge in [-0.2, -0.15) is 9.98 Å². The van der Waals surface area contributed by atoms with Gasteiger partial charge in [-0.1, -0.05) is 0 Å². The SMILES string of the molecule is S=C=Nc1ccc(Oc2ccc(N=C=S)cc2)cc1. The third kappa shape index (κ3) is 3.91. The van der Waals surface area contributed by atoms with Crippen LogP contribution >= 0.6 is 24.4 Å². The average Bonchev–Trinajstić information content (AvgIpc) is 2.44. The number of rotatable bonds is 4. The predicted molar refractivity (Wildman–Crippen MR) is 82.3 cm³/mol. The number of hydrogen-bond acceptors (Lipinski definition) is 5. The molecule has 5 heteroatoms. The number of hydrogen-bond donors (Lipinski definition) is 0. The molecule has 0 aliphatic heterocycles. The number of nitrogens with zero attached hydrogens (tertiary/aromatic N) is 2. The quantitative estimate of drug-likeness (QED) is 0.588. The molecule has 0 atom stereocenters. The summed E-state index contributed by atoms with van der Waals surface area (Å²) in [6.07, 6.45) is 0. The first-order valence-corrected chi connectivity index (χ1v) is 6.17. The van der Waals surface area contributed by atoms with Crippen molar-refractivity contribution in [2.24, 2.45) is 9.98 Å². The lowest BCUT2D eigenvalue weighted by atomic mass is 10.3. The Morgan fingerprint density at radius 2 is 1.05 bits per heavy atom. The fraction of sp³-hybridized carbons (Fsp3) is 0. The third-order valence-corrected chi connectivity index (χ3v) is 2.44. The largest absolute Gasteiger partial charge is 0.457 e. The van der Waals surface area contributed by atoms with E-state index in [0.717, 1.165) is 22.9 Å². The van der Waals surface area contributed by atoms with Crippen molar-refractivity contribution >= 4 is 46.1 Å². The standard InChI is InChI=1S/C14H8N2OS2/c18-9-15-11-1-5-13(6-2-11)17-14-7-3-12(4-8-14)16-10-19/h1-8H. The zero-order valence-corrected chi connectivity index (χ0v) is 11.4. The first-order chi connectivity index (χ1) is 9.31. The van der Waals surface area contributed by atoms with Crippen molar-refractivity contribution in [3.8, 4) is 11.5 Å². The molecule has 0 aromatic heterocycles. The van der Waals surface area contributed by atoms with Gasteiger partial charge in [-0.05, 0) is 73.0 Å². The normalized spacial score (nSPS) is 9.05. The average molecular weight is 284 g/mol. The second kappa shape index (κ2) is 6.69. The fourth-order valence-electron chi connectivity index (χ4n) is 1.42. The Morgan fingerprint density at radius 3 is 1.37 bits per heavy atom. The predicted octanol–water partition coefficient (Wildman–Crippen LogP) is 4.95. The van der Waals surface area contributed by atoms with Crippen LogP contribution in [-0.4, -0.2) is 10.3 Å². The van der Waals surface area contributed by atoms with Gasteiger partial charge in [-0.3, -0.25) is 0 Å². The first kappa shape index (κ1) is 13.3. The molecule has 2 aromatic carbocycles. The van der Waals surface area contributed by atoms with Gasteiger partial charge in [-0.15, -0.1) is 0 Å². The van der Waals surface area contributed by atoms with E-state index in [0.29, 0.717) is 0 Å². The van der Waals surface area contributed by atoms with Gasteiger partial charge in [-0.25, -0.2) is 0 Å². The Balaban J connectivity index is 2.11. The fourth-order valence-corrected chi connectivity index (χ4v) is 1.63. The lowest BCUT2D eigenvalue weighted by Crippen LogP contribution is -1.82. The molecule has 2 aromatic rings. The topological polar surface area (TPSA) is 34.0 Å². The van der Waals surface area contributed by atoms with Crippen LogP contribution in [0.1, 0.15) is 0 Å². The van der Waals surface area contributed by atoms with Crippen molar-refractivity contribution in [2.45, 2.75) is 0 Å². The van der Waals surface area contributed by atoms with E-state index >= 15 is 0 Å². The van der Waals surface area contributed by atoms with Gasteiger partial charge in [0.05, 0.1) is 21.7 Å². The van der Waals surface area contributed by atoms with Crippen molar-refractivity contribution in [3.05, 3.63) is 48.5 Å². The molecule has 0 spiro atoms. The molecule has 0 aliphatic carbocycles. The molecular formula is C14H8N2OS2. The van der Waals surface area contributed by atoms with E-state index < -0.39 is 0 Å². The van der Waals surface area contributed by atoms with Crippen LogP contribution in [0, 0.1) is 0 Å². The van der Waals surface area contributed by atoms with Crippen LogP contribution in [0.4, 0.5) is 11.4 Å². The van der Waals surface area contributed by atoms with E-state index in [1.807, 2.05) is 24.3 Å². The van der Waals surface area contributed by atoms with Gasteiger partial charge in [0.15, 0.2) is 0 Å². The van der Waals surface area contributed by atoms with Crippen LogP contribution in [0.5, 0.6) is 11.5 Å². The molecule has 0 unspecified atom stereocenters. The zero-order valence-electron chi connectivity index (χ0n) is 9.74. The summed E-state index contributed by atoms with van der Waals surface area (Å²) in [6.45, 7) is 0. The Morgan fingerprint density at radius 1 is 0.684 bits per heavy atom.